The first-order valence-corrected chi connectivity index (χ1v) is 5.52. The molecule has 0 saturated heterocycles. The number of rotatable bonds is 2. The third-order valence-electron chi connectivity index (χ3n) is 2.22. The van der Waals surface area contributed by atoms with Crippen LogP contribution in [0.3, 0.4) is 0 Å². The number of carbonyl (C=O) groups is 1. The highest BCUT2D eigenvalue weighted by Crippen LogP contribution is 2.35. The maximum atomic E-state index is 10.9. The van der Waals surface area contributed by atoms with E-state index >= 15 is 0 Å². The lowest BCUT2D eigenvalue weighted by Crippen LogP contribution is -2.14. The van der Waals surface area contributed by atoms with Gasteiger partial charge in [0.2, 0.25) is 0 Å². The molecule has 0 amide bonds. The number of ether oxygens (including phenoxy) is 1. The summed E-state index contributed by atoms with van der Waals surface area (Å²) in [4.78, 5) is 10.9. The molecule has 0 heterocycles. The summed E-state index contributed by atoms with van der Waals surface area (Å²) < 4.78 is 6.20. The second kappa shape index (κ2) is 4.35. The Bertz CT molecular complexity index is 378. The first kappa shape index (κ1) is 12.2. The van der Waals surface area contributed by atoms with Crippen molar-refractivity contribution in [2.75, 3.05) is 7.11 Å². The molecule has 15 heavy (non-hydrogen) atoms. The van der Waals surface area contributed by atoms with Gasteiger partial charge in [0, 0.05) is 10.0 Å². The van der Waals surface area contributed by atoms with Crippen molar-refractivity contribution in [2.24, 2.45) is 0 Å². The van der Waals surface area contributed by atoms with E-state index in [1.165, 1.54) is 0 Å². The molecule has 1 aromatic carbocycles. The second-order valence-corrected chi connectivity index (χ2v) is 5.36. The molecule has 0 radical (unpaired) electrons. The lowest BCUT2D eigenvalue weighted by Gasteiger charge is -2.23. The van der Waals surface area contributed by atoms with Gasteiger partial charge < -0.3 is 4.74 Å². The van der Waals surface area contributed by atoms with Gasteiger partial charge in [-0.2, -0.15) is 0 Å². The Morgan fingerprint density at radius 2 is 1.93 bits per heavy atom. The molecule has 0 saturated carbocycles. The molecule has 0 spiro atoms. The lowest BCUT2D eigenvalue weighted by molar-refractivity contribution is 0.112. The van der Waals surface area contributed by atoms with Crippen molar-refractivity contribution in [2.45, 2.75) is 26.2 Å². The zero-order valence-corrected chi connectivity index (χ0v) is 11.0. The van der Waals surface area contributed by atoms with E-state index in [2.05, 4.69) is 36.7 Å². The number of benzene rings is 1. The van der Waals surface area contributed by atoms with Gasteiger partial charge in [-0.05, 0) is 17.5 Å². The van der Waals surface area contributed by atoms with Gasteiger partial charge in [-0.1, -0.05) is 36.7 Å². The fourth-order valence-corrected chi connectivity index (χ4v) is 1.96. The fourth-order valence-electron chi connectivity index (χ4n) is 1.49. The number of carbonyl (C=O) groups excluding carboxylic acids is 1. The first-order valence-electron chi connectivity index (χ1n) is 4.73. The number of methoxy groups -OCH3 is 1. The number of aldehydes is 1. The predicted octanol–water partition coefficient (Wildman–Crippen LogP) is 3.57. The first-order chi connectivity index (χ1) is 6.90. The van der Waals surface area contributed by atoms with Crippen molar-refractivity contribution >= 4 is 22.2 Å². The van der Waals surface area contributed by atoms with Crippen LogP contribution < -0.4 is 4.74 Å². The Balaban J connectivity index is 3.49. The molecule has 0 fully saturated rings. The van der Waals surface area contributed by atoms with Crippen LogP contribution >= 0.6 is 15.9 Å². The standard InChI is InChI=1S/C12H15BrO2/c1-12(2,3)10-6-9(13)5-8(7-14)11(10)15-4/h5-7H,1-4H3. The van der Waals surface area contributed by atoms with Gasteiger partial charge in [0.15, 0.2) is 6.29 Å². The van der Waals surface area contributed by atoms with Crippen LogP contribution in [0.2, 0.25) is 0 Å². The topological polar surface area (TPSA) is 26.3 Å². The molecule has 2 nitrogen and oxygen atoms in total. The van der Waals surface area contributed by atoms with Crippen molar-refractivity contribution in [1.82, 2.24) is 0 Å². The summed E-state index contributed by atoms with van der Waals surface area (Å²) in [5.41, 5.74) is 1.56. The SMILES string of the molecule is COc1c(C=O)cc(Br)cc1C(C)(C)C. The van der Waals surface area contributed by atoms with Crippen molar-refractivity contribution in [3.63, 3.8) is 0 Å². The quantitative estimate of drug-likeness (QED) is 0.769. The van der Waals surface area contributed by atoms with Crippen LogP contribution in [0.1, 0.15) is 36.7 Å². The maximum absolute atomic E-state index is 10.9. The van der Waals surface area contributed by atoms with Gasteiger partial charge in [0.1, 0.15) is 5.75 Å². The lowest BCUT2D eigenvalue weighted by atomic mass is 9.85. The molecule has 0 aromatic heterocycles. The van der Waals surface area contributed by atoms with Gasteiger partial charge in [0.05, 0.1) is 12.7 Å². The van der Waals surface area contributed by atoms with Crippen molar-refractivity contribution in [3.8, 4) is 5.75 Å². The van der Waals surface area contributed by atoms with E-state index in [1.807, 2.05) is 6.07 Å². The molecule has 3 heteroatoms. The molecular formula is C12H15BrO2. The summed E-state index contributed by atoms with van der Waals surface area (Å²) in [6.07, 6.45) is 0.818. The van der Waals surface area contributed by atoms with Gasteiger partial charge in [0.25, 0.3) is 0 Å². The van der Waals surface area contributed by atoms with E-state index in [-0.39, 0.29) is 5.41 Å². The Morgan fingerprint density at radius 3 is 2.33 bits per heavy atom. The highest BCUT2D eigenvalue weighted by Gasteiger charge is 2.21. The summed E-state index contributed by atoms with van der Waals surface area (Å²) in [5.74, 6) is 0.667. The largest absolute Gasteiger partial charge is 0.496 e. The van der Waals surface area contributed by atoms with E-state index in [4.69, 9.17) is 4.74 Å². The van der Waals surface area contributed by atoms with Crippen LogP contribution in [0.25, 0.3) is 0 Å². The molecule has 82 valence electrons. The average Bonchev–Trinajstić information content (AvgIpc) is 2.15. The fraction of sp³-hybridized carbons (Fsp3) is 0.417. The van der Waals surface area contributed by atoms with Gasteiger partial charge in [-0.3, -0.25) is 4.79 Å². The summed E-state index contributed by atoms with van der Waals surface area (Å²) >= 11 is 3.40. The highest BCUT2D eigenvalue weighted by atomic mass is 79.9. The third-order valence-corrected chi connectivity index (χ3v) is 2.68. The molecule has 1 aromatic rings. The van der Waals surface area contributed by atoms with E-state index in [9.17, 15) is 4.79 Å². The number of hydrogen-bond acceptors (Lipinski definition) is 2. The average molecular weight is 271 g/mol. The predicted molar refractivity (Wildman–Crippen MR) is 64.8 cm³/mol. The third kappa shape index (κ3) is 2.59. The normalized spacial score (nSPS) is 11.3. The number of hydrogen-bond donors (Lipinski definition) is 0. The van der Waals surface area contributed by atoms with Crippen LogP contribution in [0.15, 0.2) is 16.6 Å². The van der Waals surface area contributed by atoms with Crippen molar-refractivity contribution in [3.05, 3.63) is 27.7 Å². The van der Waals surface area contributed by atoms with Crippen LogP contribution in [-0.2, 0) is 5.41 Å². The zero-order chi connectivity index (χ0) is 11.6. The summed E-state index contributed by atoms with van der Waals surface area (Å²) in [6.45, 7) is 6.27. The molecule has 0 aliphatic carbocycles. The Hall–Kier alpha value is -0.830. The monoisotopic (exact) mass is 270 g/mol. The Kier molecular flexibility index (Phi) is 3.55. The van der Waals surface area contributed by atoms with Crippen molar-refractivity contribution in [1.29, 1.82) is 0 Å². The molecule has 0 aliphatic heterocycles. The minimum Gasteiger partial charge on any atom is -0.496 e. The van der Waals surface area contributed by atoms with Crippen LogP contribution in [0.5, 0.6) is 5.75 Å². The van der Waals surface area contributed by atoms with Crippen molar-refractivity contribution < 1.29 is 9.53 Å². The summed E-state index contributed by atoms with van der Waals surface area (Å²) in [7, 11) is 1.59. The highest BCUT2D eigenvalue weighted by molar-refractivity contribution is 9.10. The Morgan fingerprint density at radius 1 is 1.33 bits per heavy atom. The van der Waals surface area contributed by atoms with Gasteiger partial charge in [-0.25, -0.2) is 0 Å². The minimum absolute atomic E-state index is 0.0487. The van der Waals surface area contributed by atoms with Gasteiger partial charge >= 0.3 is 0 Å². The van der Waals surface area contributed by atoms with E-state index in [0.29, 0.717) is 11.3 Å². The molecule has 0 bridgehead atoms. The molecular weight excluding hydrogens is 256 g/mol. The molecule has 0 atom stereocenters. The number of halogens is 1. The minimum atomic E-state index is -0.0487. The molecule has 0 aliphatic rings. The zero-order valence-electron chi connectivity index (χ0n) is 9.43. The molecule has 0 unspecified atom stereocenters. The van der Waals surface area contributed by atoms with E-state index in [1.54, 1.807) is 13.2 Å². The molecule has 1 rings (SSSR count). The maximum Gasteiger partial charge on any atom is 0.153 e. The Labute approximate surface area is 98.8 Å². The van der Waals surface area contributed by atoms with Crippen LogP contribution in [0, 0.1) is 0 Å². The summed E-state index contributed by atoms with van der Waals surface area (Å²) in [5, 5.41) is 0. The van der Waals surface area contributed by atoms with Crippen LogP contribution in [-0.4, -0.2) is 13.4 Å². The van der Waals surface area contributed by atoms with E-state index < -0.39 is 0 Å². The second-order valence-electron chi connectivity index (χ2n) is 4.44. The van der Waals surface area contributed by atoms with Gasteiger partial charge in [-0.15, -0.1) is 0 Å². The molecule has 0 N–H and O–H groups in total. The summed E-state index contributed by atoms with van der Waals surface area (Å²) in [6, 6.07) is 3.76. The van der Waals surface area contributed by atoms with Crippen LogP contribution in [0.4, 0.5) is 0 Å². The van der Waals surface area contributed by atoms with E-state index in [0.717, 1.165) is 16.3 Å². The smallest absolute Gasteiger partial charge is 0.153 e.